The highest BCUT2D eigenvalue weighted by atomic mass is 16.3. The zero-order valence-corrected chi connectivity index (χ0v) is 7.90. The van der Waals surface area contributed by atoms with Gasteiger partial charge in [0.05, 0.1) is 0 Å². The zero-order chi connectivity index (χ0) is 9.90. The number of rotatable bonds is 2. The predicted octanol–water partition coefficient (Wildman–Crippen LogP) is -0.157. The summed E-state index contributed by atoms with van der Waals surface area (Å²) in [5, 5.41) is 18.4. The van der Waals surface area contributed by atoms with Gasteiger partial charge in [0.2, 0.25) is 0 Å². The third-order valence-corrected chi connectivity index (χ3v) is 2.79. The molecule has 0 aromatic rings. The van der Waals surface area contributed by atoms with Crippen LogP contribution in [0, 0.1) is 6.57 Å². The Kier molecular flexibility index (Phi) is 3.31. The lowest BCUT2D eigenvalue weighted by Crippen LogP contribution is -2.49. The van der Waals surface area contributed by atoms with Gasteiger partial charge in [0.15, 0.2) is 0 Å². The summed E-state index contributed by atoms with van der Waals surface area (Å²) in [5.74, 6) is 0. The van der Waals surface area contributed by atoms with Crippen LogP contribution >= 0.6 is 0 Å². The van der Waals surface area contributed by atoms with Crippen LogP contribution < -0.4 is 0 Å². The quantitative estimate of drug-likeness (QED) is 0.461. The number of aliphatic hydroxyl groups excluding tert-OH is 1. The van der Waals surface area contributed by atoms with Gasteiger partial charge in [0, 0.05) is 12.8 Å². The molecule has 1 heterocycles. The fraction of sp³-hybridized carbons (Fsp3) is 0.875. The van der Waals surface area contributed by atoms with E-state index < -0.39 is 12.6 Å². The van der Waals surface area contributed by atoms with Gasteiger partial charge >= 0.3 is 7.05 Å². The third kappa shape index (κ3) is 2.22. The Morgan fingerprint density at radius 1 is 1.54 bits per heavy atom. The molecule has 0 bridgehead atoms. The minimum Gasteiger partial charge on any atom is -0.437 e. The molecule has 5 heteroatoms. The van der Waals surface area contributed by atoms with Crippen LogP contribution in [0.2, 0.25) is 6.82 Å². The molecule has 0 aromatic carbocycles. The predicted molar refractivity (Wildman–Crippen MR) is 51.1 cm³/mol. The van der Waals surface area contributed by atoms with Gasteiger partial charge < -0.3 is 19.8 Å². The molecule has 72 valence electrons. The van der Waals surface area contributed by atoms with E-state index in [4.69, 9.17) is 11.7 Å². The third-order valence-electron chi connectivity index (χ3n) is 2.79. The maximum absolute atomic E-state index is 9.28. The van der Waals surface area contributed by atoms with E-state index in [1.165, 1.54) is 0 Å². The topological polar surface area (TPSA) is 48.1 Å². The Balaban J connectivity index is 2.51. The summed E-state index contributed by atoms with van der Waals surface area (Å²) >= 11 is 0. The summed E-state index contributed by atoms with van der Waals surface area (Å²) in [6.07, 6.45) is 1.30. The molecule has 0 radical (unpaired) electrons. The van der Waals surface area contributed by atoms with Crippen molar-refractivity contribution in [2.75, 3.05) is 19.7 Å². The molecule has 1 aliphatic rings. The Hall–Kier alpha value is -0.565. The van der Waals surface area contributed by atoms with Gasteiger partial charge in [-0.15, -0.1) is 0 Å². The fourth-order valence-corrected chi connectivity index (χ4v) is 1.62. The summed E-state index contributed by atoms with van der Waals surface area (Å²) in [5.41, 5.74) is -0.578. The molecule has 1 rings (SSSR count). The molecule has 2 N–H and O–H groups in total. The van der Waals surface area contributed by atoms with Gasteiger partial charge in [-0.25, -0.2) is 6.57 Å². The second kappa shape index (κ2) is 4.10. The van der Waals surface area contributed by atoms with Crippen LogP contribution in [0.4, 0.5) is 0 Å². The Morgan fingerprint density at radius 3 is 2.38 bits per heavy atom. The summed E-state index contributed by atoms with van der Waals surface area (Å²) < 4.78 is 0. The van der Waals surface area contributed by atoms with Crippen molar-refractivity contribution in [3.8, 4) is 0 Å². The van der Waals surface area contributed by atoms with Crippen molar-refractivity contribution in [1.29, 1.82) is 0 Å². The van der Waals surface area contributed by atoms with Crippen molar-refractivity contribution in [3.05, 3.63) is 11.4 Å². The van der Waals surface area contributed by atoms with Crippen LogP contribution in [0.5, 0.6) is 0 Å². The molecule has 0 amide bonds. The maximum Gasteiger partial charge on any atom is 0.376 e. The standard InChI is InChI=1S/C8H15BN2O2/c1-9(13)11-5-3-8(7-12,10-2)4-6-11/h12-13H,3-7H2,1H3. The first-order valence-electron chi connectivity index (χ1n) is 4.55. The number of piperidine rings is 1. The van der Waals surface area contributed by atoms with Crippen molar-refractivity contribution in [3.63, 3.8) is 0 Å². The van der Waals surface area contributed by atoms with E-state index in [9.17, 15) is 5.02 Å². The maximum atomic E-state index is 9.28. The summed E-state index contributed by atoms with van der Waals surface area (Å²) in [6.45, 7) is 10.1. The van der Waals surface area contributed by atoms with Gasteiger partial charge in [-0.3, -0.25) is 0 Å². The number of hydrogen-bond acceptors (Lipinski definition) is 3. The largest absolute Gasteiger partial charge is 0.437 e. The highest BCUT2D eigenvalue weighted by Crippen LogP contribution is 2.26. The molecule has 0 atom stereocenters. The van der Waals surface area contributed by atoms with Gasteiger partial charge in [0.25, 0.3) is 5.54 Å². The lowest BCUT2D eigenvalue weighted by atomic mass is 9.79. The molecule has 4 nitrogen and oxygen atoms in total. The number of aliphatic hydroxyl groups is 1. The number of nitrogens with zero attached hydrogens (tertiary/aromatic N) is 2. The van der Waals surface area contributed by atoms with Crippen LogP contribution in [-0.4, -0.2) is 47.2 Å². The SMILES string of the molecule is [C-]#[N+]C1(CO)CCN(B(C)O)CC1. The van der Waals surface area contributed by atoms with Gasteiger partial charge in [-0.05, 0) is 19.9 Å². The highest BCUT2D eigenvalue weighted by Gasteiger charge is 2.40. The van der Waals surface area contributed by atoms with Crippen molar-refractivity contribution < 1.29 is 10.1 Å². The molecule has 0 saturated carbocycles. The van der Waals surface area contributed by atoms with E-state index in [-0.39, 0.29) is 6.61 Å². The van der Waals surface area contributed by atoms with E-state index in [2.05, 4.69) is 4.85 Å². The van der Waals surface area contributed by atoms with Crippen LogP contribution in [-0.2, 0) is 0 Å². The molecule has 1 fully saturated rings. The summed E-state index contributed by atoms with van der Waals surface area (Å²) in [6, 6.07) is 0. The summed E-state index contributed by atoms with van der Waals surface area (Å²) in [7, 11) is -0.442. The van der Waals surface area contributed by atoms with E-state index in [0.29, 0.717) is 25.9 Å². The normalized spacial score (nSPS) is 22.3. The Morgan fingerprint density at radius 2 is 2.08 bits per heavy atom. The van der Waals surface area contributed by atoms with Crippen molar-refractivity contribution in [2.24, 2.45) is 0 Å². The molecule has 0 unspecified atom stereocenters. The van der Waals surface area contributed by atoms with Crippen LogP contribution in [0.1, 0.15) is 12.8 Å². The van der Waals surface area contributed by atoms with Crippen LogP contribution in [0.15, 0.2) is 0 Å². The lowest BCUT2D eigenvalue weighted by Gasteiger charge is -2.33. The highest BCUT2D eigenvalue weighted by molar-refractivity contribution is 6.45. The second-order valence-electron chi connectivity index (χ2n) is 3.66. The zero-order valence-electron chi connectivity index (χ0n) is 7.90. The molecular formula is C8H15BN2O2. The fourth-order valence-electron chi connectivity index (χ4n) is 1.62. The van der Waals surface area contributed by atoms with E-state index in [1.54, 1.807) is 6.82 Å². The second-order valence-corrected chi connectivity index (χ2v) is 3.66. The smallest absolute Gasteiger partial charge is 0.376 e. The van der Waals surface area contributed by atoms with Gasteiger partial charge in [-0.1, -0.05) is 0 Å². The minimum atomic E-state index is -0.578. The Labute approximate surface area is 79.1 Å². The molecule has 1 aliphatic heterocycles. The van der Waals surface area contributed by atoms with E-state index in [1.807, 2.05) is 4.81 Å². The average molecular weight is 182 g/mol. The first-order valence-corrected chi connectivity index (χ1v) is 4.55. The van der Waals surface area contributed by atoms with E-state index >= 15 is 0 Å². The first-order chi connectivity index (χ1) is 6.13. The van der Waals surface area contributed by atoms with E-state index in [0.717, 1.165) is 0 Å². The van der Waals surface area contributed by atoms with Crippen molar-refractivity contribution in [1.82, 2.24) is 4.81 Å². The van der Waals surface area contributed by atoms with Gasteiger partial charge in [0.1, 0.15) is 6.61 Å². The molecule has 13 heavy (non-hydrogen) atoms. The lowest BCUT2D eigenvalue weighted by molar-refractivity contribution is 0.158. The first kappa shape index (κ1) is 10.5. The van der Waals surface area contributed by atoms with Crippen LogP contribution in [0.25, 0.3) is 4.85 Å². The molecule has 1 saturated heterocycles. The molecule has 0 aromatic heterocycles. The molecular weight excluding hydrogens is 167 g/mol. The minimum absolute atomic E-state index is 0.0653. The molecule has 0 aliphatic carbocycles. The Bertz CT molecular complexity index is 207. The van der Waals surface area contributed by atoms with Crippen molar-refractivity contribution in [2.45, 2.75) is 25.2 Å². The van der Waals surface area contributed by atoms with Crippen molar-refractivity contribution >= 4 is 7.05 Å². The number of hydrogen-bond donors (Lipinski definition) is 2. The van der Waals surface area contributed by atoms with Crippen LogP contribution in [0.3, 0.4) is 0 Å². The molecule has 0 spiro atoms. The van der Waals surface area contributed by atoms with Gasteiger partial charge in [-0.2, -0.15) is 0 Å². The average Bonchev–Trinajstić information content (AvgIpc) is 2.18. The monoisotopic (exact) mass is 182 g/mol. The summed E-state index contributed by atoms with van der Waals surface area (Å²) in [4.78, 5) is 5.40.